The zero-order valence-electron chi connectivity index (χ0n) is 15.0. The molecular weight excluding hydrogens is 492 g/mol. The fourth-order valence-corrected chi connectivity index (χ4v) is 2.75. The molecular formula is C17H22F3IN4OS. The number of aliphatic imine (C=N–C) groups is 1. The molecule has 5 nitrogen and oxygen atoms in total. The molecule has 27 heavy (non-hydrogen) atoms. The lowest BCUT2D eigenvalue weighted by Gasteiger charge is -2.12. The number of nitrogens with one attached hydrogen (secondary N) is 2. The van der Waals surface area contributed by atoms with Gasteiger partial charge in [0.1, 0.15) is 17.4 Å². The Labute approximate surface area is 177 Å². The van der Waals surface area contributed by atoms with Crippen LogP contribution in [0.25, 0.3) is 0 Å². The third kappa shape index (κ3) is 8.33. The van der Waals surface area contributed by atoms with Crippen LogP contribution in [0.5, 0.6) is 5.75 Å². The van der Waals surface area contributed by atoms with Crippen LogP contribution in [0.4, 0.5) is 13.2 Å². The topological polar surface area (TPSA) is 58.5 Å². The van der Waals surface area contributed by atoms with Crippen LogP contribution in [0.15, 0.2) is 35.5 Å². The van der Waals surface area contributed by atoms with E-state index in [0.717, 1.165) is 22.0 Å². The van der Waals surface area contributed by atoms with E-state index in [2.05, 4.69) is 20.6 Å². The van der Waals surface area contributed by atoms with Gasteiger partial charge in [-0.3, -0.25) is 0 Å². The van der Waals surface area contributed by atoms with E-state index in [4.69, 9.17) is 4.74 Å². The summed E-state index contributed by atoms with van der Waals surface area (Å²) in [7, 11) is 0. The lowest BCUT2D eigenvalue weighted by atomic mass is 10.2. The lowest BCUT2D eigenvalue weighted by Crippen LogP contribution is -2.39. The Morgan fingerprint density at radius 2 is 1.93 bits per heavy atom. The Morgan fingerprint density at radius 3 is 2.48 bits per heavy atom. The SMILES string of the molecule is CCNC(=NCc1ncc(C)s1)NCCOc1ccc(C(F)(F)F)cc1.I. The van der Waals surface area contributed by atoms with Crippen molar-refractivity contribution in [3.63, 3.8) is 0 Å². The standard InChI is InChI=1S/C17H21F3N4OS.HI/c1-3-21-16(24-11-15-23-10-12(2)26-15)22-8-9-25-14-6-4-13(5-7-14)17(18,19)20;/h4-7,10H,3,8-9,11H2,1-2H3,(H2,21,22,24);1H. The summed E-state index contributed by atoms with van der Waals surface area (Å²) in [6.45, 7) is 5.91. The van der Waals surface area contributed by atoms with Gasteiger partial charge in [-0.25, -0.2) is 9.98 Å². The van der Waals surface area contributed by atoms with E-state index in [1.54, 1.807) is 11.3 Å². The molecule has 150 valence electrons. The number of thiazole rings is 1. The second-order valence-corrected chi connectivity index (χ2v) is 6.68. The van der Waals surface area contributed by atoms with E-state index in [0.29, 0.717) is 38.0 Å². The highest BCUT2D eigenvalue weighted by molar-refractivity contribution is 14.0. The van der Waals surface area contributed by atoms with Crippen molar-refractivity contribution in [2.45, 2.75) is 26.6 Å². The molecule has 0 amide bonds. The summed E-state index contributed by atoms with van der Waals surface area (Å²) in [4.78, 5) is 9.84. The number of nitrogens with zero attached hydrogens (tertiary/aromatic N) is 2. The highest BCUT2D eigenvalue weighted by Crippen LogP contribution is 2.30. The quantitative estimate of drug-likeness (QED) is 0.252. The van der Waals surface area contributed by atoms with Crippen LogP contribution in [0, 0.1) is 6.92 Å². The van der Waals surface area contributed by atoms with Crippen LogP contribution < -0.4 is 15.4 Å². The van der Waals surface area contributed by atoms with Crippen molar-refractivity contribution in [2.24, 2.45) is 4.99 Å². The number of halogens is 4. The summed E-state index contributed by atoms with van der Waals surface area (Å²) < 4.78 is 43.0. The predicted octanol–water partition coefficient (Wildman–Crippen LogP) is 4.22. The van der Waals surface area contributed by atoms with Crippen LogP contribution in [0.3, 0.4) is 0 Å². The second kappa shape index (κ2) is 11.3. The van der Waals surface area contributed by atoms with Crippen LogP contribution in [0.2, 0.25) is 0 Å². The molecule has 2 aromatic rings. The van der Waals surface area contributed by atoms with E-state index in [9.17, 15) is 13.2 Å². The van der Waals surface area contributed by atoms with Gasteiger partial charge in [-0.1, -0.05) is 0 Å². The normalized spacial score (nSPS) is 11.7. The van der Waals surface area contributed by atoms with Gasteiger partial charge in [-0.15, -0.1) is 35.3 Å². The number of aromatic nitrogens is 1. The first-order valence-electron chi connectivity index (χ1n) is 8.12. The van der Waals surface area contributed by atoms with Gasteiger partial charge in [0, 0.05) is 17.6 Å². The number of aryl methyl sites for hydroxylation is 1. The number of guanidine groups is 1. The number of benzene rings is 1. The maximum atomic E-state index is 12.5. The Bertz CT molecular complexity index is 720. The second-order valence-electron chi connectivity index (χ2n) is 5.36. The van der Waals surface area contributed by atoms with E-state index < -0.39 is 11.7 Å². The third-order valence-corrected chi connectivity index (χ3v) is 4.13. The van der Waals surface area contributed by atoms with Crippen molar-refractivity contribution in [3.8, 4) is 5.75 Å². The minimum Gasteiger partial charge on any atom is -0.492 e. The first kappa shape index (κ1) is 23.5. The zero-order chi connectivity index (χ0) is 19.0. The van der Waals surface area contributed by atoms with E-state index in [-0.39, 0.29) is 24.0 Å². The van der Waals surface area contributed by atoms with E-state index in [1.165, 1.54) is 12.1 Å². The van der Waals surface area contributed by atoms with Crippen molar-refractivity contribution in [3.05, 3.63) is 45.9 Å². The van der Waals surface area contributed by atoms with Crippen molar-refractivity contribution in [2.75, 3.05) is 19.7 Å². The van der Waals surface area contributed by atoms with Gasteiger partial charge in [0.05, 0.1) is 18.7 Å². The first-order chi connectivity index (χ1) is 12.4. The fourth-order valence-electron chi connectivity index (χ4n) is 2.04. The molecule has 1 heterocycles. The number of hydrogen-bond donors (Lipinski definition) is 2. The van der Waals surface area contributed by atoms with Gasteiger partial charge in [0.15, 0.2) is 5.96 Å². The summed E-state index contributed by atoms with van der Waals surface area (Å²) in [5, 5.41) is 7.16. The molecule has 0 radical (unpaired) electrons. The van der Waals surface area contributed by atoms with Gasteiger partial charge in [-0.05, 0) is 38.1 Å². The lowest BCUT2D eigenvalue weighted by molar-refractivity contribution is -0.137. The third-order valence-electron chi connectivity index (χ3n) is 3.23. The minimum atomic E-state index is -4.34. The molecule has 0 aliphatic heterocycles. The molecule has 0 aliphatic rings. The van der Waals surface area contributed by atoms with Crippen LogP contribution in [-0.4, -0.2) is 30.6 Å². The summed E-state index contributed by atoms with van der Waals surface area (Å²) >= 11 is 1.60. The number of rotatable bonds is 7. The molecule has 0 spiro atoms. The van der Waals surface area contributed by atoms with Crippen molar-refractivity contribution < 1.29 is 17.9 Å². The monoisotopic (exact) mass is 514 g/mol. The van der Waals surface area contributed by atoms with Gasteiger partial charge < -0.3 is 15.4 Å². The first-order valence-corrected chi connectivity index (χ1v) is 8.93. The average Bonchev–Trinajstić information content (AvgIpc) is 3.01. The summed E-state index contributed by atoms with van der Waals surface area (Å²) in [6.07, 6.45) is -2.53. The molecule has 1 aromatic carbocycles. The molecule has 0 saturated heterocycles. The molecule has 2 rings (SSSR count). The zero-order valence-corrected chi connectivity index (χ0v) is 18.1. The summed E-state index contributed by atoms with van der Waals surface area (Å²) in [5.74, 6) is 1.02. The Kier molecular flexibility index (Phi) is 9.84. The molecule has 0 aliphatic carbocycles. The largest absolute Gasteiger partial charge is 0.492 e. The maximum Gasteiger partial charge on any atom is 0.416 e. The van der Waals surface area contributed by atoms with E-state index >= 15 is 0 Å². The molecule has 0 saturated carbocycles. The number of alkyl halides is 3. The maximum absolute atomic E-state index is 12.5. The van der Waals surface area contributed by atoms with Gasteiger partial charge in [0.25, 0.3) is 0 Å². The number of hydrogen-bond acceptors (Lipinski definition) is 4. The molecule has 10 heteroatoms. The highest BCUT2D eigenvalue weighted by atomic mass is 127. The average molecular weight is 514 g/mol. The van der Waals surface area contributed by atoms with E-state index in [1.807, 2.05) is 20.0 Å². The van der Waals surface area contributed by atoms with Gasteiger partial charge >= 0.3 is 6.18 Å². The Balaban J connectivity index is 0.00000364. The summed E-state index contributed by atoms with van der Waals surface area (Å²) in [6, 6.07) is 4.63. The van der Waals surface area contributed by atoms with Crippen molar-refractivity contribution in [1.29, 1.82) is 0 Å². The molecule has 0 bridgehead atoms. The minimum absolute atomic E-state index is 0. The van der Waals surface area contributed by atoms with Gasteiger partial charge in [0.2, 0.25) is 0 Å². The van der Waals surface area contributed by atoms with Gasteiger partial charge in [-0.2, -0.15) is 13.2 Å². The summed E-state index contributed by atoms with van der Waals surface area (Å²) in [5.41, 5.74) is -0.693. The molecule has 2 N–H and O–H groups in total. The molecule has 0 atom stereocenters. The molecule has 0 fully saturated rings. The highest BCUT2D eigenvalue weighted by Gasteiger charge is 2.29. The Hall–Kier alpha value is -1.56. The molecule has 1 aromatic heterocycles. The number of ether oxygens (including phenoxy) is 1. The van der Waals surface area contributed by atoms with Crippen LogP contribution in [-0.2, 0) is 12.7 Å². The van der Waals surface area contributed by atoms with Crippen LogP contribution in [0.1, 0.15) is 22.4 Å². The van der Waals surface area contributed by atoms with Crippen molar-refractivity contribution >= 4 is 41.3 Å². The Morgan fingerprint density at radius 1 is 1.22 bits per heavy atom. The smallest absolute Gasteiger partial charge is 0.416 e. The molecule has 0 unspecified atom stereocenters. The predicted molar refractivity (Wildman–Crippen MR) is 112 cm³/mol. The van der Waals surface area contributed by atoms with Crippen molar-refractivity contribution in [1.82, 2.24) is 15.6 Å². The fraction of sp³-hybridized carbons (Fsp3) is 0.412. The van der Waals surface area contributed by atoms with Crippen LogP contribution >= 0.6 is 35.3 Å².